The third kappa shape index (κ3) is 11.8. The van der Waals surface area contributed by atoms with E-state index >= 15 is 0 Å². The topological polar surface area (TPSA) is 121 Å². The van der Waals surface area contributed by atoms with Crippen LogP contribution in [0.1, 0.15) is 73.6 Å². The number of hydrogen-bond acceptors (Lipinski definition) is 5. The number of carbonyl (C=O) groups excluding carboxylic acids is 3. The van der Waals surface area contributed by atoms with Crippen molar-refractivity contribution in [3.05, 3.63) is 41.8 Å². The molecule has 3 amide bonds. The van der Waals surface area contributed by atoms with Gasteiger partial charge in [0.2, 0.25) is 17.7 Å². The molecule has 0 aliphatic carbocycles. The fourth-order valence-corrected chi connectivity index (χ4v) is 4.82. The third-order valence-electron chi connectivity index (χ3n) is 5.50. The number of unbranched alkanes of at least 4 members (excludes halogenated alkanes) is 1. The molecular formula is C27H43N3O5S. The van der Waals surface area contributed by atoms with Crippen LogP contribution in [0.3, 0.4) is 0 Å². The summed E-state index contributed by atoms with van der Waals surface area (Å²) in [6.45, 7) is 11.2. The molecule has 0 aromatic heterocycles. The van der Waals surface area contributed by atoms with Crippen LogP contribution < -0.4 is 16.0 Å². The molecule has 0 spiro atoms. The Morgan fingerprint density at radius 1 is 0.861 bits per heavy atom. The zero-order chi connectivity index (χ0) is 27.3. The second-order valence-electron chi connectivity index (χ2n) is 10.0. The van der Waals surface area contributed by atoms with Crippen LogP contribution in [0, 0.1) is 11.8 Å². The normalized spacial score (nSPS) is 14.4. The summed E-state index contributed by atoms with van der Waals surface area (Å²) >= 11 is 0. The van der Waals surface area contributed by atoms with Gasteiger partial charge in [0.15, 0.2) is 9.84 Å². The van der Waals surface area contributed by atoms with E-state index in [-0.39, 0.29) is 28.5 Å². The molecule has 1 aromatic carbocycles. The standard InChI is InChI=1S/C27H43N3O5S/c1-7-8-12-22(15-16-36(34,35)23-13-10-9-11-14-23)29-26(32)25(18-20(4)5)30-27(33)24(17-19(2)3)28-21(6)31/h9-11,13-16,19-20,22,24-25H,7-8,12,17-18H2,1-6H3,(H,28,31)(H,29,32)(H,30,33). The van der Waals surface area contributed by atoms with Crippen LogP contribution in [-0.4, -0.2) is 44.3 Å². The Balaban J connectivity index is 3.07. The Morgan fingerprint density at radius 2 is 1.39 bits per heavy atom. The highest BCUT2D eigenvalue weighted by molar-refractivity contribution is 7.94. The van der Waals surface area contributed by atoms with E-state index in [9.17, 15) is 22.8 Å². The largest absolute Gasteiger partial charge is 0.348 e. The number of amides is 3. The molecule has 3 atom stereocenters. The van der Waals surface area contributed by atoms with Crippen LogP contribution in [0.25, 0.3) is 0 Å². The van der Waals surface area contributed by atoms with Crippen molar-refractivity contribution in [2.75, 3.05) is 0 Å². The van der Waals surface area contributed by atoms with E-state index in [1.165, 1.54) is 25.1 Å². The summed E-state index contributed by atoms with van der Waals surface area (Å²) in [4.78, 5) is 38.0. The van der Waals surface area contributed by atoms with Gasteiger partial charge in [0.1, 0.15) is 12.1 Å². The minimum absolute atomic E-state index is 0.119. The van der Waals surface area contributed by atoms with Crippen LogP contribution in [0.5, 0.6) is 0 Å². The molecule has 0 heterocycles. The molecule has 1 rings (SSSR count). The second-order valence-corrected chi connectivity index (χ2v) is 11.9. The van der Waals surface area contributed by atoms with Gasteiger partial charge in [-0.1, -0.05) is 71.7 Å². The van der Waals surface area contributed by atoms with Crippen molar-refractivity contribution < 1.29 is 22.8 Å². The predicted molar refractivity (Wildman–Crippen MR) is 143 cm³/mol. The lowest BCUT2D eigenvalue weighted by molar-refractivity contribution is -0.132. The Hall–Kier alpha value is -2.68. The maximum absolute atomic E-state index is 13.3. The molecule has 0 bridgehead atoms. The minimum atomic E-state index is -3.65. The van der Waals surface area contributed by atoms with Crippen LogP contribution in [0.15, 0.2) is 46.7 Å². The van der Waals surface area contributed by atoms with Gasteiger partial charge in [-0.05, 0) is 43.2 Å². The van der Waals surface area contributed by atoms with Crippen molar-refractivity contribution in [3.63, 3.8) is 0 Å². The molecule has 0 aliphatic rings. The Kier molecular flexibility index (Phi) is 13.4. The molecule has 0 fully saturated rings. The van der Waals surface area contributed by atoms with Crippen molar-refractivity contribution in [2.24, 2.45) is 11.8 Å². The number of benzene rings is 1. The van der Waals surface area contributed by atoms with Crippen LogP contribution in [-0.2, 0) is 24.2 Å². The highest BCUT2D eigenvalue weighted by Crippen LogP contribution is 2.14. The van der Waals surface area contributed by atoms with E-state index < -0.39 is 33.9 Å². The number of sulfone groups is 1. The molecule has 0 saturated heterocycles. The zero-order valence-electron chi connectivity index (χ0n) is 22.4. The van der Waals surface area contributed by atoms with Crippen LogP contribution >= 0.6 is 0 Å². The second kappa shape index (κ2) is 15.4. The lowest BCUT2D eigenvalue weighted by atomic mass is 9.99. The maximum Gasteiger partial charge on any atom is 0.243 e. The maximum atomic E-state index is 13.3. The number of carbonyl (C=O) groups is 3. The SMILES string of the molecule is CCCCC(C=CS(=O)(=O)c1ccccc1)NC(=O)C(CC(C)C)NC(=O)C(CC(C)C)NC(C)=O. The van der Waals surface area contributed by atoms with Crippen molar-refractivity contribution in [1.82, 2.24) is 16.0 Å². The molecule has 202 valence electrons. The molecule has 0 saturated carbocycles. The van der Waals surface area contributed by atoms with Crippen molar-refractivity contribution >= 4 is 27.6 Å². The summed E-state index contributed by atoms with van der Waals surface area (Å²) in [5.74, 6) is -0.823. The fourth-order valence-electron chi connectivity index (χ4n) is 3.73. The van der Waals surface area contributed by atoms with Gasteiger partial charge in [-0.25, -0.2) is 8.42 Å². The van der Waals surface area contributed by atoms with Crippen molar-refractivity contribution in [2.45, 2.75) is 96.7 Å². The van der Waals surface area contributed by atoms with E-state index in [0.29, 0.717) is 19.3 Å². The highest BCUT2D eigenvalue weighted by Gasteiger charge is 2.28. The molecular weight excluding hydrogens is 478 g/mol. The van der Waals surface area contributed by atoms with Gasteiger partial charge < -0.3 is 16.0 Å². The minimum Gasteiger partial charge on any atom is -0.348 e. The predicted octanol–water partition coefficient (Wildman–Crippen LogP) is 3.73. The summed E-state index contributed by atoms with van der Waals surface area (Å²) in [7, 11) is -3.65. The van der Waals surface area contributed by atoms with E-state index in [4.69, 9.17) is 0 Å². The van der Waals surface area contributed by atoms with Crippen molar-refractivity contribution in [1.29, 1.82) is 0 Å². The van der Waals surface area contributed by atoms with Gasteiger partial charge >= 0.3 is 0 Å². The van der Waals surface area contributed by atoms with E-state index in [0.717, 1.165) is 18.2 Å². The first kappa shape index (κ1) is 31.4. The first-order valence-electron chi connectivity index (χ1n) is 12.7. The lowest BCUT2D eigenvalue weighted by Crippen LogP contribution is -2.55. The number of rotatable bonds is 15. The molecule has 3 N–H and O–H groups in total. The first-order valence-corrected chi connectivity index (χ1v) is 14.3. The van der Waals surface area contributed by atoms with Gasteiger partial charge in [-0.15, -0.1) is 0 Å². The molecule has 1 aromatic rings. The van der Waals surface area contributed by atoms with Crippen molar-refractivity contribution in [3.8, 4) is 0 Å². The summed E-state index contributed by atoms with van der Waals surface area (Å²) in [6, 6.07) is 6.04. The van der Waals surface area contributed by atoms with Gasteiger partial charge in [0.05, 0.1) is 4.90 Å². The van der Waals surface area contributed by atoms with Gasteiger partial charge in [-0.3, -0.25) is 14.4 Å². The summed E-state index contributed by atoms with van der Waals surface area (Å²) in [6.07, 6.45) is 4.59. The average Bonchev–Trinajstić information content (AvgIpc) is 2.79. The fraction of sp³-hybridized carbons (Fsp3) is 0.593. The summed E-state index contributed by atoms with van der Waals surface area (Å²) in [5, 5.41) is 9.53. The van der Waals surface area contributed by atoms with E-state index in [1.807, 2.05) is 34.6 Å². The third-order valence-corrected chi connectivity index (χ3v) is 6.94. The van der Waals surface area contributed by atoms with Gasteiger partial charge in [0, 0.05) is 18.4 Å². The number of hydrogen-bond donors (Lipinski definition) is 3. The van der Waals surface area contributed by atoms with Gasteiger partial charge in [-0.2, -0.15) is 0 Å². The monoisotopic (exact) mass is 521 g/mol. The average molecular weight is 522 g/mol. The molecule has 0 aliphatic heterocycles. The summed E-state index contributed by atoms with van der Waals surface area (Å²) < 4.78 is 25.4. The smallest absolute Gasteiger partial charge is 0.243 e. The Morgan fingerprint density at radius 3 is 1.89 bits per heavy atom. The van der Waals surface area contributed by atoms with E-state index in [2.05, 4.69) is 16.0 Å². The number of nitrogens with one attached hydrogen (secondary N) is 3. The highest BCUT2D eigenvalue weighted by atomic mass is 32.2. The molecule has 3 unspecified atom stereocenters. The van der Waals surface area contributed by atoms with Crippen LogP contribution in [0.2, 0.25) is 0 Å². The van der Waals surface area contributed by atoms with Crippen LogP contribution in [0.4, 0.5) is 0 Å². The Labute approximate surface area is 216 Å². The molecule has 0 radical (unpaired) electrons. The molecule has 9 heteroatoms. The summed E-state index contributed by atoms with van der Waals surface area (Å²) in [5.41, 5.74) is 0. The zero-order valence-corrected chi connectivity index (χ0v) is 23.2. The molecule has 8 nitrogen and oxygen atoms in total. The lowest BCUT2D eigenvalue weighted by Gasteiger charge is -2.26. The molecule has 36 heavy (non-hydrogen) atoms. The Bertz CT molecular complexity index is 974. The first-order chi connectivity index (χ1) is 16.9. The van der Waals surface area contributed by atoms with E-state index in [1.54, 1.807) is 18.2 Å². The quantitative estimate of drug-likeness (QED) is 0.325. The van der Waals surface area contributed by atoms with Gasteiger partial charge in [0.25, 0.3) is 0 Å².